The van der Waals surface area contributed by atoms with Crippen LogP contribution in [0.5, 0.6) is 0 Å². The number of nitrogens with one attached hydrogen (secondary N) is 1. The predicted octanol–water partition coefficient (Wildman–Crippen LogP) is 5.89. The molecule has 1 saturated carbocycles. The summed E-state index contributed by atoms with van der Waals surface area (Å²) in [6.45, 7) is 0. The first-order chi connectivity index (χ1) is 12.1. The Balaban J connectivity index is 1.79. The summed E-state index contributed by atoms with van der Waals surface area (Å²) >= 11 is 12.5. The highest BCUT2D eigenvalue weighted by molar-refractivity contribution is 6.35. The third-order valence-electron chi connectivity index (χ3n) is 5.19. The molecule has 2 aliphatic rings. The molecule has 0 bridgehead atoms. The lowest BCUT2D eigenvalue weighted by Crippen LogP contribution is -2.49. The van der Waals surface area contributed by atoms with Gasteiger partial charge in [0, 0.05) is 27.3 Å². The number of halogens is 2. The van der Waals surface area contributed by atoms with Crippen molar-refractivity contribution in [2.45, 2.75) is 44.3 Å². The second kappa shape index (κ2) is 6.89. The molecule has 1 atom stereocenters. The Hall–Kier alpha value is -1.71. The van der Waals surface area contributed by atoms with E-state index in [2.05, 4.69) is 5.32 Å². The highest BCUT2D eigenvalue weighted by atomic mass is 35.5. The van der Waals surface area contributed by atoms with Crippen molar-refractivity contribution in [3.63, 3.8) is 0 Å². The van der Waals surface area contributed by atoms with Gasteiger partial charge in [-0.3, -0.25) is 4.79 Å². The van der Waals surface area contributed by atoms with Crippen molar-refractivity contribution in [3.8, 4) is 0 Å². The van der Waals surface area contributed by atoms with E-state index in [1.54, 1.807) is 6.07 Å². The molecule has 130 valence electrons. The maximum Gasteiger partial charge on any atom is 0.258 e. The van der Waals surface area contributed by atoms with E-state index in [1.165, 1.54) is 6.42 Å². The van der Waals surface area contributed by atoms with E-state index < -0.39 is 0 Å². The van der Waals surface area contributed by atoms with Crippen molar-refractivity contribution < 1.29 is 4.79 Å². The average molecular weight is 375 g/mol. The molecule has 1 fully saturated rings. The summed E-state index contributed by atoms with van der Waals surface area (Å²) in [5, 5.41) is 4.71. The smallest absolute Gasteiger partial charge is 0.258 e. The number of hydrogen-bond acceptors (Lipinski definition) is 2. The van der Waals surface area contributed by atoms with E-state index in [0.29, 0.717) is 10.0 Å². The fourth-order valence-corrected chi connectivity index (χ4v) is 4.47. The van der Waals surface area contributed by atoms with Gasteiger partial charge in [0.25, 0.3) is 5.91 Å². The first kappa shape index (κ1) is 16.7. The lowest BCUT2D eigenvalue weighted by Gasteiger charge is -2.44. The zero-order valence-corrected chi connectivity index (χ0v) is 15.4. The summed E-state index contributed by atoms with van der Waals surface area (Å²) in [6.07, 6.45) is 5.38. The fourth-order valence-electron chi connectivity index (χ4n) is 3.96. The number of nitrogens with zero attached hydrogens (tertiary/aromatic N) is 1. The summed E-state index contributed by atoms with van der Waals surface area (Å²) in [7, 11) is 0. The zero-order chi connectivity index (χ0) is 17.4. The molecule has 0 aromatic heterocycles. The second-order valence-electron chi connectivity index (χ2n) is 6.76. The first-order valence-electron chi connectivity index (χ1n) is 8.78. The van der Waals surface area contributed by atoms with Crippen LogP contribution in [0.2, 0.25) is 10.0 Å². The summed E-state index contributed by atoms with van der Waals surface area (Å²) in [4.78, 5) is 15.3. The van der Waals surface area contributed by atoms with Crippen LogP contribution in [-0.2, 0) is 0 Å². The Kier molecular flexibility index (Phi) is 4.61. The molecule has 1 amide bonds. The molecular formula is C20H20Cl2N2O. The summed E-state index contributed by atoms with van der Waals surface area (Å²) in [5.74, 6) is 0.0808. The van der Waals surface area contributed by atoms with Crippen molar-refractivity contribution >= 4 is 34.8 Å². The van der Waals surface area contributed by atoms with E-state index in [9.17, 15) is 4.79 Å². The molecule has 0 radical (unpaired) electrons. The zero-order valence-electron chi connectivity index (χ0n) is 13.8. The predicted molar refractivity (Wildman–Crippen MR) is 102 cm³/mol. The SMILES string of the molecule is O=C1c2ccccc2N[C@H](c2ccc(Cl)cc2Cl)N1C1CCCCC1. The molecular weight excluding hydrogens is 355 g/mol. The number of hydrogen-bond donors (Lipinski definition) is 1. The Labute approximate surface area is 157 Å². The number of anilines is 1. The number of para-hydroxylation sites is 1. The van der Waals surface area contributed by atoms with Crippen LogP contribution < -0.4 is 5.32 Å². The van der Waals surface area contributed by atoms with Crippen molar-refractivity contribution in [2.24, 2.45) is 0 Å². The van der Waals surface area contributed by atoms with Gasteiger partial charge in [0.15, 0.2) is 0 Å². The van der Waals surface area contributed by atoms with Gasteiger partial charge >= 0.3 is 0 Å². The molecule has 4 rings (SSSR count). The third-order valence-corrected chi connectivity index (χ3v) is 5.75. The van der Waals surface area contributed by atoms with Crippen LogP contribution in [0.4, 0.5) is 5.69 Å². The second-order valence-corrected chi connectivity index (χ2v) is 7.61. The van der Waals surface area contributed by atoms with Crippen LogP contribution in [0.15, 0.2) is 42.5 Å². The van der Waals surface area contributed by atoms with Crippen molar-refractivity contribution in [2.75, 3.05) is 5.32 Å². The normalized spacial score (nSPS) is 21.0. The molecule has 1 aliphatic carbocycles. The monoisotopic (exact) mass is 374 g/mol. The van der Waals surface area contributed by atoms with Crippen molar-refractivity contribution in [1.29, 1.82) is 0 Å². The minimum atomic E-state index is -0.268. The molecule has 5 heteroatoms. The number of carbonyl (C=O) groups excluding carboxylic acids is 1. The number of fused-ring (bicyclic) bond motifs is 1. The standard InChI is InChI=1S/C20H20Cl2N2O/c21-13-10-11-15(17(22)12-13)19-23-18-9-5-4-8-16(18)20(25)24(19)14-6-2-1-3-7-14/h4-5,8-12,14,19,23H,1-3,6-7H2/t19-/m0/s1. The summed E-state index contributed by atoms with van der Waals surface area (Å²) < 4.78 is 0. The van der Waals surface area contributed by atoms with Gasteiger partial charge in [-0.1, -0.05) is 60.7 Å². The topological polar surface area (TPSA) is 32.3 Å². The highest BCUT2D eigenvalue weighted by Crippen LogP contribution is 2.40. The number of amides is 1. The molecule has 25 heavy (non-hydrogen) atoms. The average Bonchev–Trinajstić information content (AvgIpc) is 2.62. The maximum absolute atomic E-state index is 13.3. The van der Waals surface area contributed by atoms with Gasteiger partial charge in [0.1, 0.15) is 6.17 Å². The van der Waals surface area contributed by atoms with Crippen LogP contribution in [0.25, 0.3) is 0 Å². The van der Waals surface area contributed by atoms with Crippen LogP contribution in [-0.4, -0.2) is 16.8 Å². The minimum Gasteiger partial charge on any atom is -0.361 e. The van der Waals surface area contributed by atoms with Gasteiger partial charge in [-0.25, -0.2) is 0 Å². The molecule has 1 aliphatic heterocycles. The summed E-state index contributed by atoms with van der Waals surface area (Å²) in [6, 6.07) is 13.4. The minimum absolute atomic E-state index is 0.0808. The lowest BCUT2D eigenvalue weighted by atomic mass is 9.91. The third kappa shape index (κ3) is 3.11. The van der Waals surface area contributed by atoms with Crippen molar-refractivity contribution in [1.82, 2.24) is 4.90 Å². The van der Waals surface area contributed by atoms with Gasteiger partial charge in [0.2, 0.25) is 0 Å². The Morgan fingerprint density at radius 3 is 2.52 bits per heavy atom. The van der Waals surface area contributed by atoms with E-state index in [0.717, 1.165) is 42.5 Å². The highest BCUT2D eigenvalue weighted by Gasteiger charge is 2.38. The molecule has 0 saturated heterocycles. The summed E-state index contributed by atoms with van der Waals surface area (Å²) in [5.41, 5.74) is 2.48. The molecule has 0 spiro atoms. The van der Waals surface area contributed by atoms with Crippen LogP contribution in [0.1, 0.15) is 54.2 Å². The maximum atomic E-state index is 13.3. The molecule has 0 unspecified atom stereocenters. The van der Waals surface area contributed by atoms with Gasteiger partial charge < -0.3 is 10.2 Å². The van der Waals surface area contributed by atoms with E-state index in [1.807, 2.05) is 41.3 Å². The number of benzene rings is 2. The van der Waals surface area contributed by atoms with E-state index in [4.69, 9.17) is 23.2 Å². The number of rotatable bonds is 2. The Bertz CT molecular complexity index is 802. The molecule has 1 N–H and O–H groups in total. The first-order valence-corrected chi connectivity index (χ1v) is 9.54. The largest absolute Gasteiger partial charge is 0.361 e. The molecule has 2 aromatic carbocycles. The fraction of sp³-hybridized carbons (Fsp3) is 0.350. The Morgan fingerprint density at radius 1 is 1.00 bits per heavy atom. The number of carbonyl (C=O) groups is 1. The molecule has 3 nitrogen and oxygen atoms in total. The van der Waals surface area contributed by atoms with Gasteiger partial charge in [-0.15, -0.1) is 0 Å². The molecule has 1 heterocycles. The molecule has 2 aromatic rings. The van der Waals surface area contributed by atoms with Crippen LogP contribution >= 0.6 is 23.2 Å². The quantitative estimate of drug-likeness (QED) is 0.710. The van der Waals surface area contributed by atoms with Gasteiger partial charge in [0.05, 0.1) is 5.56 Å². The van der Waals surface area contributed by atoms with E-state index >= 15 is 0 Å². The van der Waals surface area contributed by atoms with Crippen molar-refractivity contribution in [3.05, 3.63) is 63.6 Å². The van der Waals surface area contributed by atoms with Crippen LogP contribution in [0.3, 0.4) is 0 Å². The lowest BCUT2D eigenvalue weighted by molar-refractivity contribution is 0.0524. The van der Waals surface area contributed by atoms with Crippen LogP contribution in [0, 0.1) is 0 Å². The van der Waals surface area contributed by atoms with Gasteiger partial charge in [-0.2, -0.15) is 0 Å². The Morgan fingerprint density at radius 2 is 1.76 bits per heavy atom. The van der Waals surface area contributed by atoms with E-state index in [-0.39, 0.29) is 18.1 Å². The van der Waals surface area contributed by atoms with Gasteiger partial charge in [-0.05, 0) is 37.1 Å².